The minimum atomic E-state index is -3.30. The second-order valence-electron chi connectivity index (χ2n) is 3.22. The first kappa shape index (κ1) is 10.5. The zero-order valence-electron chi connectivity index (χ0n) is 7.32. The van der Waals surface area contributed by atoms with Gasteiger partial charge in [0.25, 0.3) is 0 Å². The fourth-order valence-corrected chi connectivity index (χ4v) is 3.06. The van der Waals surface area contributed by atoms with Crippen LogP contribution < -0.4 is 11.1 Å². The smallest absolute Gasteiger partial charge is 0.232 e. The molecular formula is C7H14N2O3S. The average molecular weight is 206 g/mol. The summed E-state index contributed by atoms with van der Waals surface area (Å²) in [6.07, 6.45) is 1.16. The molecule has 6 heteroatoms. The van der Waals surface area contributed by atoms with E-state index in [1.54, 1.807) is 0 Å². The van der Waals surface area contributed by atoms with Crippen LogP contribution in [0, 0.1) is 0 Å². The second-order valence-corrected chi connectivity index (χ2v) is 5.50. The van der Waals surface area contributed by atoms with Gasteiger partial charge in [-0.25, -0.2) is 8.42 Å². The Labute approximate surface area is 77.6 Å². The van der Waals surface area contributed by atoms with Crippen molar-refractivity contribution in [2.24, 2.45) is 5.73 Å². The molecule has 0 radical (unpaired) electrons. The summed E-state index contributed by atoms with van der Waals surface area (Å²) in [5.41, 5.74) is 4.85. The monoisotopic (exact) mass is 206 g/mol. The van der Waals surface area contributed by atoms with E-state index in [1.165, 1.54) is 0 Å². The minimum absolute atomic E-state index is 0.388. The number of nitrogens with one attached hydrogen (secondary N) is 1. The predicted octanol–water partition coefficient (Wildman–Crippen LogP) is -1.36. The molecule has 76 valence electrons. The van der Waals surface area contributed by atoms with Crippen LogP contribution >= 0.6 is 0 Å². The zero-order valence-corrected chi connectivity index (χ0v) is 8.14. The van der Waals surface area contributed by atoms with E-state index in [1.807, 2.05) is 0 Å². The van der Waals surface area contributed by atoms with Gasteiger partial charge in [-0.2, -0.15) is 0 Å². The van der Waals surface area contributed by atoms with Gasteiger partial charge in [0.05, 0.1) is 5.25 Å². The van der Waals surface area contributed by atoms with Crippen molar-refractivity contribution in [2.75, 3.05) is 18.8 Å². The third kappa shape index (κ3) is 2.96. The van der Waals surface area contributed by atoms with Crippen LogP contribution in [0.1, 0.15) is 12.8 Å². The molecular weight excluding hydrogens is 192 g/mol. The molecule has 5 nitrogen and oxygen atoms in total. The molecule has 0 aromatic carbocycles. The van der Waals surface area contributed by atoms with Gasteiger partial charge in [0.15, 0.2) is 9.84 Å². The van der Waals surface area contributed by atoms with Gasteiger partial charge in [0.1, 0.15) is 5.75 Å². The quantitative estimate of drug-likeness (QED) is 0.596. The van der Waals surface area contributed by atoms with Crippen LogP contribution in [0.2, 0.25) is 0 Å². The Bertz CT molecular complexity index is 280. The van der Waals surface area contributed by atoms with Gasteiger partial charge in [-0.15, -0.1) is 0 Å². The van der Waals surface area contributed by atoms with Crippen molar-refractivity contribution in [3.63, 3.8) is 0 Å². The number of sulfone groups is 1. The van der Waals surface area contributed by atoms with Crippen molar-refractivity contribution in [1.82, 2.24) is 5.32 Å². The molecule has 3 N–H and O–H groups in total. The minimum Gasteiger partial charge on any atom is -0.369 e. The molecule has 0 aromatic rings. The molecule has 0 unspecified atom stereocenters. The first-order valence-electron chi connectivity index (χ1n) is 4.23. The maximum Gasteiger partial charge on any atom is 0.232 e. The molecule has 1 amide bonds. The Morgan fingerprint density at radius 1 is 1.38 bits per heavy atom. The number of amides is 1. The molecule has 0 aromatic heterocycles. The molecule has 1 rings (SSSR count). The summed E-state index contributed by atoms with van der Waals surface area (Å²) >= 11 is 0. The van der Waals surface area contributed by atoms with Crippen LogP contribution in [0.3, 0.4) is 0 Å². The van der Waals surface area contributed by atoms with Gasteiger partial charge in [-0.1, -0.05) is 0 Å². The highest BCUT2D eigenvalue weighted by molar-refractivity contribution is 7.92. The predicted molar refractivity (Wildman–Crippen MR) is 48.9 cm³/mol. The van der Waals surface area contributed by atoms with E-state index in [4.69, 9.17) is 5.73 Å². The van der Waals surface area contributed by atoms with E-state index in [-0.39, 0.29) is 5.25 Å². The highest BCUT2D eigenvalue weighted by Gasteiger charge is 2.28. The number of carbonyl (C=O) groups excluding carboxylic acids is 1. The van der Waals surface area contributed by atoms with Gasteiger partial charge in [0.2, 0.25) is 5.91 Å². The zero-order chi connectivity index (χ0) is 9.90. The lowest BCUT2D eigenvalue weighted by Gasteiger charge is -2.21. The summed E-state index contributed by atoms with van der Waals surface area (Å²) in [5.74, 6) is -1.28. The number of hydrogen-bond donors (Lipinski definition) is 2. The third-order valence-corrected chi connectivity index (χ3v) is 4.31. The molecule has 1 heterocycles. The maximum atomic E-state index is 11.5. The summed E-state index contributed by atoms with van der Waals surface area (Å²) < 4.78 is 22.9. The second kappa shape index (κ2) is 4.06. The molecule has 1 aliphatic heterocycles. The molecule has 1 fully saturated rings. The standard InChI is InChI=1S/C7H14N2O3S/c8-7(10)5-13(11,12)6-1-3-9-4-2-6/h6,9H,1-5H2,(H2,8,10). The SMILES string of the molecule is NC(=O)CS(=O)(=O)C1CCNCC1. The van der Waals surface area contributed by atoms with Gasteiger partial charge >= 0.3 is 0 Å². The number of hydrogen-bond acceptors (Lipinski definition) is 4. The topological polar surface area (TPSA) is 89.3 Å². The Balaban J connectivity index is 2.62. The lowest BCUT2D eigenvalue weighted by Crippen LogP contribution is -2.39. The van der Waals surface area contributed by atoms with Crippen molar-refractivity contribution >= 4 is 15.7 Å². The molecule has 0 saturated carbocycles. The van der Waals surface area contributed by atoms with Crippen LogP contribution in [0.5, 0.6) is 0 Å². The molecule has 1 aliphatic rings. The van der Waals surface area contributed by atoms with Crippen molar-refractivity contribution in [3.8, 4) is 0 Å². The van der Waals surface area contributed by atoms with Crippen molar-refractivity contribution in [1.29, 1.82) is 0 Å². The average Bonchev–Trinajstić information content (AvgIpc) is 2.04. The Morgan fingerprint density at radius 3 is 2.38 bits per heavy atom. The summed E-state index contributed by atoms with van der Waals surface area (Å²) in [5, 5.41) is 2.67. The fourth-order valence-electron chi connectivity index (χ4n) is 1.47. The lowest BCUT2D eigenvalue weighted by molar-refractivity contribution is -0.115. The van der Waals surface area contributed by atoms with Crippen LogP contribution in [-0.2, 0) is 14.6 Å². The first-order chi connectivity index (χ1) is 6.02. The number of rotatable bonds is 3. The molecule has 1 saturated heterocycles. The number of nitrogens with two attached hydrogens (primary N) is 1. The summed E-state index contributed by atoms with van der Waals surface area (Å²) in [6.45, 7) is 1.39. The van der Waals surface area contributed by atoms with Crippen molar-refractivity contribution in [2.45, 2.75) is 18.1 Å². The molecule has 0 aliphatic carbocycles. The van der Waals surface area contributed by atoms with Gasteiger partial charge < -0.3 is 11.1 Å². The number of piperidine rings is 1. The van der Waals surface area contributed by atoms with Gasteiger partial charge in [-0.05, 0) is 25.9 Å². The normalized spacial score (nSPS) is 20.0. The Morgan fingerprint density at radius 2 is 1.92 bits per heavy atom. The van der Waals surface area contributed by atoms with E-state index >= 15 is 0 Å². The van der Waals surface area contributed by atoms with Crippen LogP contribution in [0.15, 0.2) is 0 Å². The fraction of sp³-hybridized carbons (Fsp3) is 0.857. The first-order valence-corrected chi connectivity index (χ1v) is 5.94. The van der Waals surface area contributed by atoms with Crippen LogP contribution in [0.25, 0.3) is 0 Å². The molecule has 13 heavy (non-hydrogen) atoms. The van der Waals surface area contributed by atoms with Crippen molar-refractivity contribution < 1.29 is 13.2 Å². The number of carbonyl (C=O) groups is 1. The summed E-state index contributed by atoms with van der Waals surface area (Å²) in [4.78, 5) is 10.5. The lowest BCUT2D eigenvalue weighted by atomic mass is 10.2. The highest BCUT2D eigenvalue weighted by Crippen LogP contribution is 2.13. The Kier molecular flexibility index (Phi) is 3.27. The third-order valence-electron chi connectivity index (χ3n) is 2.14. The van der Waals surface area contributed by atoms with E-state index in [0.717, 1.165) is 0 Å². The van der Waals surface area contributed by atoms with E-state index < -0.39 is 21.5 Å². The van der Waals surface area contributed by atoms with Crippen molar-refractivity contribution in [3.05, 3.63) is 0 Å². The number of primary amides is 1. The van der Waals surface area contributed by atoms with E-state index in [0.29, 0.717) is 25.9 Å². The largest absolute Gasteiger partial charge is 0.369 e. The van der Waals surface area contributed by atoms with E-state index in [2.05, 4.69) is 5.32 Å². The summed E-state index contributed by atoms with van der Waals surface area (Å²) in [7, 11) is -3.30. The molecule has 0 bridgehead atoms. The Hall–Kier alpha value is -0.620. The maximum absolute atomic E-state index is 11.5. The van der Waals surface area contributed by atoms with E-state index in [9.17, 15) is 13.2 Å². The summed E-state index contributed by atoms with van der Waals surface area (Å²) in [6, 6.07) is 0. The van der Waals surface area contributed by atoms with Crippen LogP contribution in [-0.4, -0.2) is 38.4 Å². The van der Waals surface area contributed by atoms with Gasteiger partial charge in [0, 0.05) is 0 Å². The van der Waals surface area contributed by atoms with Gasteiger partial charge in [-0.3, -0.25) is 4.79 Å². The molecule has 0 spiro atoms. The van der Waals surface area contributed by atoms with Crippen LogP contribution in [0.4, 0.5) is 0 Å². The highest BCUT2D eigenvalue weighted by atomic mass is 32.2. The molecule has 0 atom stereocenters.